The maximum absolute atomic E-state index is 12.5. The monoisotopic (exact) mass is 332 g/mol. The lowest BCUT2D eigenvalue weighted by Crippen LogP contribution is -2.49. The third-order valence-electron chi connectivity index (χ3n) is 4.44. The van der Waals surface area contributed by atoms with Crippen LogP contribution in [0.2, 0.25) is 0 Å². The highest BCUT2D eigenvalue weighted by Gasteiger charge is 2.23. The van der Waals surface area contributed by atoms with Crippen molar-refractivity contribution in [3.05, 3.63) is 30.1 Å². The molecule has 0 bridgehead atoms. The minimum absolute atomic E-state index is 0.0780. The van der Waals surface area contributed by atoms with Gasteiger partial charge in [-0.2, -0.15) is 11.8 Å². The number of nitrogens with one attached hydrogen (secondary N) is 2. The molecule has 0 radical (unpaired) electrons. The van der Waals surface area contributed by atoms with Gasteiger partial charge in [0.1, 0.15) is 12.4 Å². The molecule has 2 unspecified atom stereocenters. The summed E-state index contributed by atoms with van der Waals surface area (Å²) in [5, 5.41) is 6.57. The van der Waals surface area contributed by atoms with Gasteiger partial charge in [0.15, 0.2) is 0 Å². The number of fused-ring (bicyclic) bond motifs is 1. The van der Waals surface area contributed by atoms with Gasteiger partial charge in [-0.1, -0.05) is 19.1 Å². The van der Waals surface area contributed by atoms with Crippen LogP contribution >= 0.6 is 11.8 Å². The smallest absolute Gasteiger partial charge is 0.240 e. The Bertz CT molecular complexity index is 684. The number of carbonyl (C=O) groups excluding carboxylic acids is 1. The quantitative estimate of drug-likeness (QED) is 0.879. The number of amides is 1. The Labute approximate surface area is 141 Å². The van der Waals surface area contributed by atoms with E-state index in [1.54, 1.807) is 11.8 Å². The van der Waals surface area contributed by atoms with Gasteiger partial charge in [-0.15, -0.1) is 0 Å². The third-order valence-corrected chi connectivity index (χ3v) is 4.99. The van der Waals surface area contributed by atoms with E-state index in [-0.39, 0.29) is 11.9 Å². The number of rotatable bonds is 5. The predicted octanol–water partition coefficient (Wildman–Crippen LogP) is 2.01. The number of hydrogen-bond donors (Lipinski definition) is 2. The van der Waals surface area contributed by atoms with Crippen molar-refractivity contribution in [2.45, 2.75) is 31.7 Å². The first-order chi connectivity index (χ1) is 11.2. The molecule has 1 fully saturated rings. The molecule has 1 amide bonds. The van der Waals surface area contributed by atoms with E-state index in [1.807, 2.05) is 28.8 Å². The molecule has 2 aromatic rings. The van der Waals surface area contributed by atoms with Crippen LogP contribution in [-0.4, -0.2) is 40.8 Å². The number of benzene rings is 1. The third kappa shape index (κ3) is 3.70. The Morgan fingerprint density at radius 3 is 3.09 bits per heavy atom. The summed E-state index contributed by atoms with van der Waals surface area (Å²) in [7, 11) is 0. The summed E-state index contributed by atoms with van der Waals surface area (Å²) in [6.07, 6.45) is 3.05. The SMILES string of the molecule is CSCc1nc2ccccc2n1CC(=O)NC1CCNCC1C. The van der Waals surface area contributed by atoms with Gasteiger partial charge in [-0.3, -0.25) is 4.79 Å². The first-order valence-corrected chi connectivity index (χ1v) is 9.51. The zero-order chi connectivity index (χ0) is 16.2. The van der Waals surface area contributed by atoms with Crippen molar-refractivity contribution in [1.82, 2.24) is 20.2 Å². The average molecular weight is 332 g/mol. The Balaban J connectivity index is 1.77. The lowest BCUT2D eigenvalue weighted by atomic mass is 9.95. The summed E-state index contributed by atoms with van der Waals surface area (Å²) in [6.45, 7) is 4.47. The molecule has 1 aromatic heterocycles. The largest absolute Gasteiger partial charge is 0.351 e. The van der Waals surface area contributed by atoms with Crippen molar-refractivity contribution >= 4 is 28.7 Å². The molecule has 2 heterocycles. The minimum atomic E-state index is 0.0780. The second-order valence-corrected chi connectivity index (χ2v) is 7.05. The number of para-hydroxylation sites is 2. The highest BCUT2D eigenvalue weighted by atomic mass is 32.2. The second-order valence-electron chi connectivity index (χ2n) is 6.18. The van der Waals surface area contributed by atoms with E-state index in [4.69, 9.17) is 0 Å². The molecular weight excluding hydrogens is 308 g/mol. The van der Waals surface area contributed by atoms with Gasteiger partial charge >= 0.3 is 0 Å². The first kappa shape index (κ1) is 16.3. The van der Waals surface area contributed by atoms with Crippen molar-refractivity contribution in [1.29, 1.82) is 0 Å². The standard InChI is InChI=1S/C17H24N4OS/c1-12-9-18-8-7-13(12)20-17(22)10-21-15-6-4-3-5-14(15)19-16(21)11-23-2/h3-6,12-13,18H,7-11H2,1-2H3,(H,20,22). The van der Waals surface area contributed by atoms with Crippen LogP contribution in [0.3, 0.4) is 0 Å². The van der Waals surface area contributed by atoms with Gasteiger partial charge in [-0.25, -0.2) is 4.98 Å². The molecule has 1 aromatic carbocycles. The van der Waals surface area contributed by atoms with Crippen LogP contribution in [-0.2, 0) is 17.1 Å². The van der Waals surface area contributed by atoms with E-state index in [2.05, 4.69) is 28.8 Å². The molecule has 6 heteroatoms. The van der Waals surface area contributed by atoms with Crippen molar-refractivity contribution in [2.75, 3.05) is 19.3 Å². The fraction of sp³-hybridized carbons (Fsp3) is 0.529. The second kappa shape index (κ2) is 7.36. The van der Waals surface area contributed by atoms with Crippen molar-refractivity contribution in [3.63, 3.8) is 0 Å². The van der Waals surface area contributed by atoms with Gasteiger partial charge in [0.25, 0.3) is 0 Å². The molecule has 1 saturated heterocycles. The summed E-state index contributed by atoms with van der Waals surface area (Å²) in [6, 6.07) is 8.28. The molecule has 124 valence electrons. The number of carbonyl (C=O) groups is 1. The highest BCUT2D eigenvalue weighted by Crippen LogP contribution is 2.19. The van der Waals surface area contributed by atoms with Crippen LogP contribution in [0.15, 0.2) is 24.3 Å². The van der Waals surface area contributed by atoms with Gasteiger partial charge in [0.2, 0.25) is 5.91 Å². The molecule has 2 atom stereocenters. The van der Waals surface area contributed by atoms with Gasteiger partial charge in [0.05, 0.1) is 16.8 Å². The fourth-order valence-electron chi connectivity index (χ4n) is 3.17. The van der Waals surface area contributed by atoms with Crippen LogP contribution in [0, 0.1) is 5.92 Å². The van der Waals surface area contributed by atoms with Crippen molar-refractivity contribution < 1.29 is 4.79 Å². The summed E-state index contributed by atoms with van der Waals surface area (Å²) in [4.78, 5) is 17.2. The van der Waals surface area contributed by atoms with Crippen molar-refractivity contribution in [2.24, 2.45) is 5.92 Å². The van der Waals surface area contributed by atoms with Gasteiger partial charge in [-0.05, 0) is 43.8 Å². The van der Waals surface area contributed by atoms with Crippen LogP contribution in [0.4, 0.5) is 0 Å². The lowest BCUT2D eigenvalue weighted by Gasteiger charge is -2.30. The van der Waals surface area contributed by atoms with Crippen LogP contribution in [0.5, 0.6) is 0 Å². The zero-order valence-electron chi connectivity index (χ0n) is 13.7. The van der Waals surface area contributed by atoms with Crippen molar-refractivity contribution in [3.8, 4) is 0 Å². The van der Waals surface area contributed by atoms with E-state index in [0.29, 0.717) is 12.5 Å². The number of imidazole rings is 1. The number of hydrogen-bond acceptors (Lipinski definition) is 4. The first-order valence-electron chi connectivity index (χ1n) is 8.12. The molecular formula is C17H24N4OS. The number of thioether (sulfide) groups is 1. The normalized spacial score (nSPS) is 21.5. The lowest BCUT2D eigenvalue weighted by molar-refractivity contribution is -0.122. The van der Waals surface area contributed by atoms with E-state index >= 15 is 0 Å². The number of aromatic nitrogens is 2. The Morgan fingerprint density at radius 1 is 1.48 bits per heavy atom. The average Bonchev–Trinajstić information content (AvgIpc) is 2.88. The molecule has 0 spiro atoms. The molecule has 3 rings (SSSR count). The van der Waals surface area contributed by atoms with Gasteiger partial charge in [0, 0.05) is 6.04 Å². The molecule has 1 aliphatic rings. The van der Waals surface area contributed by atoms with Crippen LogP contribution in [0.25, 0.3) is 11.0 Å². The van der Waals surface area contributed by atoms with E-state index in [1.165, 1.54) is 0 Å². The molecule has 1 aliphatic heterocycles. The summed E-state index contributed by atoms with van der Waals surface area (Å²) in [5.74, 6) is 2.32. The molecule has 0 aliphatic carbocycles. The summed E-state index contributed by atoms with van der Waals surface area (Å²) >= 11 is 1.72. The van der Waals surface area contributed by atoms with Crippen LogP contribution < -0.4 is 10.6 Å². The summed E-state index contributed by atoms with van der Waals surface area (Å²) in [5.41, 5.74) is 1.99. The van der Waals surface area contributed by atoms with Crippen LogP contribution in [0.1, 0.15) is 19.2 Å². The Kier molecular flexibility index (Phi) is 5.23. The molecule has 2 N–H and O–H groups in total. The Morgan fingerprint density at radius 2 is 2.30 bits per heavy atom. The van der Waals surface area contributed by atoms with E-state index in [9.17, 15) is 4.79 Å². The minimum Gasteiger partial charge on any atom is -0.351 e. The zero-order valence-corrected chi connectivity index (χ0v) is 14.5. The van der Waals surface area contributed by atoms with E-state index in [0.717, 1.165) is 42.1 Å². The maximum atomic E-state index is 12.5. The number of piperidine rings is 1. The molecule has 5 nitrogen and oxygen atoms in total. The summed E-state index contributed by atoms with van der Waals surface area (Å²) < 4.78 is 2.05. The maximum Gasteiger partial charge on any atom is 0.240 e. The Hall–Kier alpha value is -1.53. The molecule has 23 heavy (non-hydrogen) atoms. The highest BCUT2D eigenvalue weighted by molar-refractivity contribution is 7.97. The van der Waals surface area contributed by atoms with E-state index < -0.39 is 0 Å². The predicted molar refractivity (Wildman–Crippen MR) is 95.5 cm³/mol. The van der Waals surface area contributed by atoms with Gasteiger partial charge < -0.3 is 15.2 Å². The fourth-order valence-corrected chi connectivity index (χ4v) is 3.64. The molecule has 0 saturated carbocycles. The topological polar surface area (TPSA) is 59.0 Å². The number of nitrogens with zero attached hydrogens (tertiary/aromatic N) is 2.